The molecule has 0 unspecified atom stereocenters. The molecule has 2 heterocycles. The van der Waals surface area contributed by atoms with E-state index in [0.29, 0.717) is 17.0 Å². The molecule has 2 aromatic heterocycles. The van der Waals surface area contributed by atoms with E-state index in [2.05, 4.69) is 34.3 Å². The Bertz CT molecular complexity index is 840. The molecule has 0 bridgehead atoms. The normalized spacial score (nSPS) is 12.7. The van der Waals surface area contributed by atoms with E-state index in [4.69, 9.17) is 4.42 Å². The maximum Gasteiger partial charge on any atom is 0.277 e. The van der Waals surface area contributed by atoms with Crippen LogP contribution in [0.5, 0.6) is 0 Å². The third-order valence-electron chi connectivity index (χ3n) is 3.94. The predicted octanol–water partition coefficient (Wildman–Crippen LogP) is 3.47. The molecule has 3 rings (SSSR count). The van der Waals surface area contributed by atoms with E-state index in [1.165, 1.54) is 11.8 Å². The molecule has 1 amide bonds. The second-order valence-electron chi connectivity index (χ2n) is 6.01. The molecular formula is C17H20N4O2S. The molecule has 2 N–H and O–H groups in total. The predicted molar refractivity (Wildman–Crippen MR) is 94.8 cm³/mol. The van der Waals surface area contributed by atoms with Crippen molar-refractivity contribution >= 4 is 28.6 Å². The first kappa shape index (κ1) is 16.6. The Balaban J connectivity index is 1.65. The topological polar surface area (TPSA) is 83.8 Å². The number of thioether (sulfide) groups is 1. The Morgan fingerprint density at radius 1 is 1.29 bits per heavy atom. The van der Waals surface area contributed by atoms with Crippen LogP contribution in [0.15, 0.2) is 40.1 Å². The number of para-hydroxylation sites is 1. The van der Waals surface area contributed by atoms with Crippen molar-refractivity contribution in [3.8, 4) is 11.5 Å². The van der Waals surface area contributed by atoms with Gasteiger partial charge in [0.1, 0.15) is 0 Å². The van der Waals surface area contributed by atoms with Crippen LogP contribution in [0.2, 0.25) is 0 Å². The monoisotopic (exact) mass is 344 g/mol. The van der Waals surface area contributed by atoms with E-state index in [0.717, 1.165) is 16.5 Å². The first-order chi connectivity index (χ1) is 11.5. The lowest BCUT2D eigenvalue weighted by Gasteiger charge is -2.16. The van der Waals surface area contributed by atoms with Crippen LogP contribution in [0.4, 0.5) is 0 Å². The van der Waals surface area contributed by atoms with Gasteiger partial charge in [0.25, 0.3) is 11.1 Å². The highest BCUT2D eigenvalue weighted by molar-refractivity contribution is 7.99. The van der Waals surface area contributed by atoms with Crippen LogP contribution >= 0.6 is 11.8 Å². The van der Waals surface area contributed by atoms with Crippen molar-refractivity contribution in [2.45, 2.75) is 32.0 Å². The van der Waals surface area contributed by atoms with E-state index in [1.807, 2.05) is 37.4 Å². The maximum absolute atomic E-state index is 11.9. The van der Waals surface area contributed by atoms with E-state index >= 15 is 0 Å². The number of rotatable bonds is 6. The molecule has 0 saturated carbocycles. The largest absolute Gasteiger partial charge is 0.411 e. The van der Waals surface area contributed by atoms with Gasteiger partial charge in [0, 0.05) is 23.1 Å². The third-order valence-corrected chi connectivity index (χ3v) is 4.76. The van der Waals surface area contributed by atoms with Crippen molar-refractivity contribution in [3.63, 3.8) is 0 Å². The highest BCUT2D eigenvalue weighted by Gasteiger charge is 2.15. The zero-order valence-electron chi connectivity index (χ0n) is 13.9. The SMILES string of the molecule is CC(C)[C@H](C)NC(=O)CSc1nnc(-c2c[nH]c3ccccc23)o1. The van der Waals surface area contributed by atoms with Crippen molar-refractivity contribution in [1.82, 2.24) is 20.5 Å². The zero-order chi connectivity index (χ0) is 17.1. The van der Waals surface area contributed by atoms with Gasteiger partial charge in [0.15, 0.2) is 0 Å². The Kier molecular flexibility index (Phi) is 4.89. The molecule has 1 atom stereocenters. The zero-order valence-corrected chi connectivity index (χ0v) is 14.7. The number of nitrogens with one attached hydrogen (secondary N) is 2. The van der Waals surface area contributed by atoms with Crippen LogP contribution in [0.3, 0.4) is 0 Å². The second-order valence-corrected chi connectivity index (χ2v) is 6.94. The summed E-state index contributed by atoms with van der Waals surface area (Å²) in [7, 11) is 0. The lowest BCUT2D eigenvalue weighted by atomic mass is 10.1. The standard InChI is InChI=1S/C17H20N4O2S/c1-10(2)11(3)19-15(22)9-24-17-21-20-16(23-17)13-8-18-14-7-5-4-6-12(13)14/h4-8,10-11,18H,9H2,1-3H3,(H,19,22)/t11-/m0/s1. The maximum atomic E-state index is 11.9. The van der Waals surface area contributed by atoms with Gasteiger partial charge in [-0.3, -0.25) is 4.79 Å². The molecule has 24 heavy (non-hydrogen) atoms. The second kappa shape index (κ2) is 7.09. The molecule has 0 radical (unpaired) electrons. The molecule has 6 nitrogen and oxygen atoms in total. The minimum absolute atomic E-state index is 0.0342. The minimum Gasteiger partial charge on any atom is -0.411 e. The van der Waals surface area contributed by atoms with Crippen LogP contribution in [0, 0.1) is 5.92 Å². The number of H-pyrrole nitrogens is 1. The van der Waals surface area contributed by atoms with E-state index < -0.39 is 0 Å². The molecule has 0 saturated heterocycles. The number of aromatic amines is 1. The summed E-state index contributed by atoms with van der Waals surface area (Å²) in [5, 5.41) is 12.5. The highest BCUT2D eigenvalue weighted by atomic mass is 32.2. The van der Waals surface area contributed by atoms with Crippen LogP contribution in [0.25, 0.3) is 22.4 Å². The molecule has 7 heteroatoms. The number of nitrogens with zero attached hydrogens (tertiary/aromatic N) is 2. The summed E-state index contributed by atoms with van der Waals surface area (Å²) in [5.41, 5.74) is 1.88. The molecular weight excluding hydrogens is 324 g/mol. The van der Waals surface area contributed by atoms with Crippen molar-refractivity contribution in [2.24, 2.45) is 5.92 Å². The molecule has 126 valence electrons. The van der Waals surface area contributed by atoms with Gasteiger partial charge in [0.2, 0.25) is 5.91 Å². The summed E-state index contributed by atoms with van der Waals surface area (Å²) >= 11 is 1.24. The molecule has 0 aliphatic heterocycles. The average Bonchev–Trinajstić information content (AvgIpc) is 3.19. The number of carbonyl (C=O) groups excluding carboxylic acids is 1. The number of fused-ring (bicyclic) bond motifs is 1. The van der Waals surface area contributed by atoms with Gasteiger partial charge in [-0.15, -0.1) is 10.2 Å². The lowest BCUT2D eigenvalue weighted by Crippen LogP contribution is -2.37. The minimum atomic E-state index is -0.0342. The Morgan fingerprint density at radius 2 is 2.08 bits per heavy atom. The number of hydrogen-bond donors (Lipinski definition) is 2. The van der Waals surface area contributed by atoms with E-state index in [1.54, 1.807) is 0 Å². The number of hydrogen-bond acceptors (Lipinski definition) is 5. The van der Waals surface area contributed by atoms with Crippen LogP contribution in [-0.2, 0) is 4.79 Å². The smallest absolute Gasteiger partial charge is 0.277 e. The van der Waals surface area contributed by atoms with Crippen molar-refractivity contribution in [2.75, 3.05) is 5.75 Å². The molecule has 0 spiro atoms. The quantitative estimate of drug-likeness (QED) is 0.669. The third kappa shape index (κ3) is 3.62. The molecule has 0 aliphatic rings. The van der Waals surface area contributed by atoms with Gasteiger partial charge in [0.05, 0.1) is 11.3 Å². The lowest BCUT2D eigenvalue weighted by molar-refractivity contribution is -0.119. The Morgan fingerprint density at radius 3 is 2.88 bits per heavy atom. The summed E-state index contributed by atoms with van der Waals surface area (Å²) in [6.07, 6.45) is 1.85. The molecule has 1 aromatic carbocycles. The van der Waals surface area contributed by atoms with Crippen molar-refractivity contribution < 1.29 is 9.21 Å². The summed E-state index contributed by atoms with van der Waals surface area (Å²) in [5.74, 6) is 1.07. The number of aromatic nitrogens is 3. The Labute approximate surface area is 144 Å². The van der Waals surface area contributed by atoms with Crippen LogP contribution < -0.4 is 5.32 Å². The van der Waals surface area contributed by atoms with Crippen molar-refractivity contribution in [1.29, 1.82) is 0 Å². The van der Waals surface area contributed by atoms with Crippen LogP contribution in [0.1, 0.15) is 20.8 Å². The summed E-state index contributed by atoms with van der Waals surface area (Å²) in [6.45, 7) is 6.14. The molecule has 3 aromatic rings. The van der Waals surface area contributed by atoms with Gasteiger partial charge < -0.3 is 14.7 Å². The average molecular weight is 344 g/mol. The van der Waals surface area contributed by atoms with Gasteiger partial charge in [-0.1, -0.05) is 43.8 Å². The molecule has 0 aliphatic carbocycles. The fraction of sp³-hybridized carbons (Fsp3) is 0.353. The number of benzene rings is 1. The fourth-order valence-electron chi connectivity index (χ4n) is 2.21. The van der Waals surface area contributed by atoms with Crippen LogP contribution in [-0.4, -0.2) is 32.9 Å². The molecule has 0 fully saturated rings. The van der Waals surface area contributed by atoms with Gasteiger partial charge >= 0.3 is 0 Å². The first-order valence-corrected chi connectivity index (χ1v) is 8.85. The summed E-state index contributed by atoms with van der Waals surface area (Å²) < 4.78 is 5.68. The number of carbonyl (C=O) groups is 1. The highest BCUT2D eigenvalue weighted by Crippen LogP contribution is 2.29. The summed E-state index contributed by atoms with van der Waals surface area (Å²) in [6, 6.07) is 8.06. The van der Waals surface area contributed by atoms with Gasteiger partial charge in [-0.2, -0.15) is 0 Å². The van der Waals surface area contributed by atoms with Gasteiger partial charge in [-0.05, 0) is 18.9 Å². The van der Waals surface area contributed by atoms with Gasteiger partial charge in [-0.25, -0.2) is 0 Å². The van der Waals surface area contributed by atoms with E-state index in [9.17, 15) is 4.79 Å². The number of amides is 1. The first-order valence-electron chi connectivity index (χ1n) is 7.86. The Hall–Kier alpha value is -2.28. The summed E-state index contributed by atoms with van der Waals surface area (Å²) in [4.78, 5) is 15.1. The van der Waals surface area contributed by atoms with E-state index in [-0.39, 0.29) is 17.7 Å². The van der Waals surface area contributed by atoms with Crippen molar-refractivity contribution in [3.05, 3.63) is 30.5 Å². The fourth-order valence-corrected chi connectivity index (χ4v) is 2.79.